The lowest BCUT2D eigenvalue weighted by Crippen LogP contribution is -2.29. The summed E-state index contributed by atoms with van der Waals surface area (Å²) in [5.74, 6) is -0.120. The third kappa shape index (κ3) is 2.92. The van der Waals surface area contributed by atoms with Gasteiger partial charge in [0.2, 0.25) is 0 Å². The minimum Gasteiger partial charge on any atom is -0.335 e. The van der Waals surface area contributed by atoms with Gasteiger partial charge in [-0.3, -0.25) is 4.79 Å². The standard InChI is InChI=1S/C17H17ClN4O/c1-11-7-8-22-16(20-11)15(10-19-22)17(23)21(3)12(2)13-5-4-6-14(18)9-13/h4-10,12H,1-3H3. The zero-order valence-electron chi connectivity index (χ0n) is 13.2. The first kappa shape index (κ1) is 15.5. The first-order valence-corrected chi connectivity index (χ1v) is 7.69. The van der Waals surface area contributed by atoms with Gasteiger partial charge in [0.25, 0.3) is 5.91 Å². The number of carbonyl (C=O) groups is 1. The molecule has 0 spiro atoms. The first-order chi connectivity index (χ1) is 11.0. The second kappa shape index (κ2) is 6.01. The lowest BCUT2D eigenvalue weighted by atomic mass is 10.1. The van der Waals surface area contributed by atoms with E-state index in [0.717, 1.165) is 11.3 Å². The highest BCUT2D eigenvalue weighted by Gasteiger charge is 2.22. The van der Waals surface area contributed by atoms with Crippen LogP contribution in [-0.4, -0.2) is 32.5 Å². The van der Waals surface area contributed by atoms with Gasteiger partial charge in [-0.05, 0) is 37.6 Å². The molecule has 3 rings (SSSR count). The number of rotatable bonds is 3. The summed E-state index contributed by atoms with van der Waals surface area (Å²) in [6, 6.07) is 9.27. The summed E-state index contributed by atoms with van der Waals surface area (Å²) in [4.78, 5) is 18.9. The number of halogens is 1. The SMILES string of the molecule is Cc1ccn2ncc(C(=O)N(C)C(C)c3cccc(Cl)c3)c2n1. The Kier molecular flexibility index (Phi) is 4.05. The van der Waals surface area contributed by atoms with Crippen molar-refractivity contribution in [2.45, 2.75) is 19.9 Å². The molecule has 1 atom stereocenters. The maximum atomic E-state index is 12.8. The van der Waals surface area contributed by atoms with Crippen LogP contribution < -0.4 is 0 Å². The Morgan fingerprint density at radius 2 is 2.13 bits per heavy atom. The molecule has 0 saturated heterocycles. The maximum absolute atomic E-state index is 12.8. The van der Waals surface area contributed by atoms with Crippen LogP contribution in [0.5, 0.6) is 0 Å². The van der Waals surface area contributed by atoms with Gasteiger partial charge in [-0.25, -0.2) is 9.50 Å². The quantitative estimate of drug-likeness (QED) is 0.739. The van der Waals surface area contributed by atoms with Crippen LogP contribution in [0.1, 0.15) is 34.6 Å². The Morgan fingerprint density at radius 1 is 1.35 bits per heavy atom. The average molecular weight is 329 g/mol. The molecule has 0 bridgehead atoms. The molecule has 6 heteroatoms. The molecule has 1 unspecified atom stereocenters. The number of aryl methyl sites for hydroxylation is 1. The van der Waals surface area contributed by atoms with Crippen molar-refractivity contribution < 1.29 is 4.79 Å². The van der Waals surface area contributed by atoms with E-state index in [-0.39, 0.29) is 11.9 Å². The smallest absolute Gasteiger partial charge is 0.259 e. The van der Waals surface area contributed by atoms with Gasteiger partial charge in [0.1, 0.15) is 5.56 Å². The molecular formula is C17H17ClN4O. The number of aromatic nitrogens is 3. The van der Waals surface area contributed by atoms with Crippen LogP contribution in [0.15, 0.2) is 42.7 Å². The molecule has 5 nitrogen and oxygen atoms in total. The van der Waals surface area contributed by atoms with E-state index >= 15 is 0 Å². The van der Waals surface area contributed by atoms with Crippen molar-refractivity contribution >= 4 is 23.2 Å². The number of carbonyl (C=O) groups excluding carboxylic acids is 1. The van der Waals surface area contributed by atoms with Gasteiger partial charge in [0.15, 0.2) is 5.65 Å². The summed E-state index contributed by atoms with van der Waals surface area (Å²) in [6.07, 6.45) is 3.36. The fourth-order valence-corrected chi connectivity index (χ4v) is 2.66. The number of benzene rings is 1. The topological polar surface area (TPSA) is 50.5 Å². The highest BCUT2D eigenvalue weighted by molar-refractivity contribution is 6.30. The lowest BCUT2D eigenvalue weighted by Gasteiger charge is -2.25. The summed E-state index contributed by atoms with van der Waals surface area (Å²) >= 11 is 6.04. The van der Waals surface area contributed by atoms with Crippen LogP contribution >= 0.6 is 11.6 Å². The molecule has 0 fully saturated rings. The number of fused-ring (bicyclic) bond motifs is 1. The molecule has 1 amide bonds. The molecule has 23 heavy (non-hydrogen) atoms. The fraction of sp³-hybridized carbons (Fsp3) is 0.235. The highest BCUT2D eigenvalue weighted by Crippen LogP contribution is 2.24. The molecule has 2 aromatic heterocycles. The third-order valence-corrected chi connectivity index (χ3v) is 4.21. The van der Waals surface area contributed by atoms with Crippen LogP contribution in [0, 0.1) is 6.92 Å². The van der Waals surface area contributed by atoms with E-state index in [0.29, 0.717) is 16.2 Å². The number of hydrogen-bond donors (Lipinski definition) is 0. The molecule has 3 aromatic rings. The van der Waals surface area contributed by atoms with Crippen LogP contribution in [0.2, 0.25) is 5.02 Å². The van der Waals surface area contributed by atoms with Crippen LogP contribution in [0.25, 0.3) is 5.65 Å². The second-order valence-electron chi connectivity index (χ2n) is 5.54. The van der Waals surface area contributed by atoms with Crippen molar-refractivity contribution in [1.82, 2.24) is 19.5 Å². The molecule has 0 N–H and O–H groups in total. The van der Waals surface area contributed by atoms with Crippen molar-refractivity contribution in [3.63, 3.8) is 0 Å². The van der Waals surface area contributed by atoms with E-state index in [1.54, 1.807) is 28.9 Å². The zero-order chi connectivity index (χ0) is 16.6. The van der Waals surface area contributed by atoms with Gasteiger partial charge in [-0.1, -0.05) is 23.7 Å². The van der Waals surface area contributed by atoms with Crippen molar-refractivity contribution in [3.8, 4) is 0 Å². The van der Waals surface area contributed by atoms with Crippen molar-refractivity contribution in [2.24, 2.45) is 0 Å². The normalized spacial score (nSPS) is 12.3. The van der Waals surface area contributed by atoms with E-state index in [2.05, 4.69) is 10.1 Å². The van der Waals surface area contributed by atoms with E-state index in [1.807, 2.05) is 44.2 Å². The predicted octanol–water partition coefficient (Wildman–Crippen LogP) is 3.52. The van der Waals surface area contributed by atoms with Crippen LogP contribution in [0.3, 0.4) is 0 Å². The summed E-state index contributed by atoms with van der Waals surface area (Å²) in [7, 11) is 1.77. The van der Waals surface area contributed by atoms with Gasteiger partial charge in [-0.2, -0.15) is 5.10 Å². The van der Waals surface area contributed by atoms with Crippen LogP contribution in [-0.2, 0) is 0 Å². The molecule has 0 radical (unpaired) electrons. The summed E-state index contributed by atoms with van der Waals surface area (Å²) in [5.41, 5.74) is 2.89. The molecule has 1 aromatic carbocycles. The first-order valence-electron chi connectivity index (χ1n) is 7.31. The molecular weight excluding hydrogens is 312 g/mol. The Labute approximate surface area is 139 Å². The summed E-state index contributed by atoms with van der Waals surface area (Å²) in [5, 5.41) is 4.85. The Morgan fingerprint density at radius 3 is 2.87 bits per heavy atom. The molecule has 118 valence electrons. The summed E-state index contributed by atoms with van der Waals surface area (Å²) in [6.45, 7) is 3.85. The Bertz CT molecular complexity index is 874. The van der Waals surface area contributed by atoms with Gasteiger partial charge < -0.3 is 4.90 Å². The van der Waals surface area contributed by atoms with Gasteiger partial charge in [0, 0.05) is 24.0 Å². The number of amides is 1. The minimum atomic E-state index is -0.120. The third-order valence-electron chi connectivity index (χ3n) is 3.97. The largest absolute Gasteiger partial charge is 0.335 e. The molecule has 0 aliphatic rings. The van der Waals surface area contributed by atoms with Gasteiger partial charge >= 0.3 is 0 Å². The number of hydrogen-bond acceptors (Lipinski definition) is 3. The lowest BCUT2D eigenvalue weighted by molar-refractivity contribution is 0.0744. The van der Waals surface area contributed by atoms with E-state index in [9.17, 15) is 4.79 Å². The van der Waals surface area contributed by atoms with E-state index < -0.39 is 0 Å². The number of nitrogens with zero attached hydrogens (tertiary/aromatic N) is 4. The summed E-state index contributed by atoms with van der Waals surface area (Å²) < 4.78 is 1.61. The Hall–Kier alpha value is -2.40. The second-order valence-corrected chi connectivity index (χ2v) is 5.98. The monoisotopic (exact) mass is 328 g/mol. The van der Waals surface area contributed by atoms with Crippen molar-refractivity contribution in [1.29, 1.82) is 0 Å². The maximum Gasteiger partial charge on any atom is 0.259 e. The molecule has 0 aliphatic carbocycles. The fourth-order valence-electron chi connectivity index (χ4n) is 2.47. The zero-order valence-corrected chi connectivity index (χ0v) is 13.9. The Balaban J connectivity index is 1.93. The van der Waals surface area contributed by atoms with Crippen molar-refractivity contribution in [2.75, 3.05) is 7.05 Å². The van der Waals surface area contributed by atoms with Crippen LogP contribution in [0.4, 0.5) is 0 Å². The van der Waals surface area contributed by atoms with Gasteiger partial charge in [-0.15, -0.1) is 0 Å². The predicted molar refractivity (Wildman–Crippen MR) is 89.7 cm³/mol. The average Bonchev–Trinajstić information content (AvgIpc) is 2.95. The van der Waals surface area contributed by atoms with Gasteiger partial charge in [0.05, 0.1) is 12.2 Å². The highest BCUT2D eigenvalue weighted by atomic mass is 35.5. The van der Waals surface area contributed by atoms with E-state index in [1.165, 1.54) is 0 Å². The molecule has 2 heterocycles. The van der Waals surface area contributed by atoms with E-state index in [4.69, 9.17) is 11.6 Å². The minimum absolute atomic E-state index is 0.110. The molecule has 0 aliphatic heterocycles. The molecule has 0 saturated carbocycles. The van der Waals surface area contributed by atoms with Crippen molar-refractivity contribution in [3.05, 3.63) is 64.6 Å².